The van der Waals surface area contributed by atoms with E-state index >= 15 is 0 Å². The van der Waals surface area contributed by atoms with Gasteiger partial charge in [0.05, 0.1) is 154 Å². The van der Waals surface area contributed by atoms with Crippen molar-refractivity contribution in [3.63, 3.8) is 0 Å². The standard InChI is InChI=1S/C21H30ClF3N4O3S.2C20H31ClN4O3S.2C19H29ClN4O3S/c22-17-12-26-20(27-13-17)28-6-1-15(2-7-28)19-11-16(19)4-9-32-18-3-8-29(14-18)33(30,31)10-5-21(23,24)25;2*1-2-29(26,27)25-9-5-18(14-25)28-10-6-16-11-19(16)15-3-7-24(8-4-15)20-22-12-17(21)13-23-20;2*1-28(25,26)24-8-4-17(13-24)27-9-5-15-10-18(15)14-2-6-23(7-3-14)19-21-11-16(20)12-22-19/h12-13,15-16,18-19H,1-11,14H2;2*12-13,15-16,18-19H,2-11,14H2,1H3;2*11-12,14-15,17-18H,2-10,13H2,1H3/t16-,18-,19-;16-,18+,19-;16-,18-,19-;15-,17+,18-;15-,17-,18-/m11111/s1. The minimum Gasteiger partial charge on any atom is -0.377 e. The summed E-state index contributed by atoms with van der Waals surface area (Å²) in [4.78, 5) is 54.4. The van der Waals surface area contributed by atoms with Crippen molar-refractivity contribution in [2.45, 2.75) is 217 Å². The number of alkyl halides is 3. The quantitative estimate of drug-likeness (QED) is 0.0352. The number of sulfonamides is 5. The third-order valence-electron chi connectivity index (χ3n) is 33.3. The maximum atomic E-state index is 12.4. The SMILES string of the molecule is CCS(=O)(=O)N1CC[C@@H](OCC[C@@H]2C[C@@H]2C2CCN(c3ncc(Cl)cn3)CC2)C1.CCS(=O)(=O)N1CC[C@H](OCC[C@@H]2C[C@@H]2C2CCN(c3ncc(Cl)cn3)CC2)C1.CS(=O)(=O)N1CC[C@@H](OCC[C@@H]2C[C@@H]2C2CCN(c3ncc(Cl)cn3)CC2)C1.CS(=O)(=O)N1CC[C@H](OCC[C@@H]2C[C@@H]2C2CCN(c3ncc(Cl)cn3)CC2)C1.O=S(=O)(CCC(F)(F)F)N1CC[C@@H](OCC[C@@H]2C[C@@H]2C2CCN(c3ncc(Cl)cn3)CC2)C1. The van der Waals surface area contributed by atoms with E-state index < -0.39 is 68.5 Å². The number of anilines is 5. The molecular weight excluding hydrogens is 2100 g/mol. The smallest absolute Gasteiger partial charge is 0.377 e. The van der Waals surface area contributed by atoms with Gasteiger partial charge in [0.15, 0.2) is 0 Å². The Balaban J connectivity index is 0.000000131. The summed E-state index contributed by atoms with van der Waals surface area (Å²) in [6.07, 6.45) is 40.7. The Morgan fingerprint density at radius 1 is 0.286 bits per heavy atom. The van der Waals surface area contributed by atoms with Crippen LogP contribution in [0.1, 0.15) is 181 Å². The molecule has 0 spiro atoms. The highest BCUT2D eigenvalue weighted by Gasteiger charge is 2.50. The summed E-state index contributed by atoms with van der Waals surface area (Å²) in [5.74, 6) is 14.9. The topological polar surface area (TPSA) is 378 Å². The molecule has 0 aromatic carbocycles. The van der Waals surface area contributed by atoms with Crippen molar-refractivity contribution in [3.05, 3.63) is 87.1 Å². The fourth-order valence-electron chi connectivity index (χ4n) is 24.1. The van der Waals surface area contributed by atoms with E-state index in [0.717, 1.165) is 268 Å². The van der Waals surface area contributed by atoms with Gasteiger partial charge in [-0.05, 0) is 263 Å². The molecule has 5 aliphatic carbocycles. The zero-order chi connectivity index (χ0) is 104. The molecule has 35 nitrogen and oxygen atoms in total. The van der Waals surface area contributed by atoms with Gasteiger partial charge in [-0.25, -0.2) is 91.9 Å². The number of hydrogen-bond acceptors (Lipinski definition) is 30. The molecule has 15 fully saturated rings. The Morgan fingerprint density at radius 2 is 0.469 bits per heavy atom. The highest BCUT2D eigenvalue weighted by atomic mass is 35.5. The molecule has 5 saturated carbocycles. The van der Waals surface area contributed by atoms with E-state index in [0.29, 0.717) is 108 Å². The normalized spacial score (nSPS) is 28.7. The predicted octanol–water partition coefficient (Wildman–Crippen LogP) is 14.2. The summed E-state index contributed by atoms with van der Waals surface area (Å²) in [7, 11) is -16.2. The van der Waals surface area contributed by atoms with Gasteiger partial charge in [0.1, 0.15) is 0 Å². The van der Waals surface area contributed by atoms with Crippen LogP contribution in [0, 0.1) is 88.8 Å². The van der Waals surface area contributed by atoms with Gasteiger partial charge in [-0.1, -0.05) is 58.0 Å². The summed E-state index contributed by atoms with van der Waals surface area (Å²) >= 11 is 29.3. The maximum Gasteiger partial charge on any atom is 0.390 e. The summed E-state index contributed by atoms with van der Waals surface area (Å²) in [6.45, 7) is 21.8. The van der Waals surface area contributed by atoms with Gasteiger partial charge in [0, 0.05) is 164 Å². The summed E-state index contributed by atoms with van der Waals surface area (Å²) < 4.78 is 192. The highest BCUT2D eigenvalue weighted by molar-refractivity contribution is 7.90. The first-order valence-corrected chi connectivity index (χ1v) is 63.8. The average molecular weight is 2260 g/mol. The number of nitrogens with zero attached hydrogens (tertiary/aromatic N) is 20. The van der Waals surface area contributed by atoms with Crippen molar-refractivity contribution in [1.29, 1.82) is 0 Å². The van der Waals surface area contributed by atoms with Crippen molar-refractivity contribution in [3.8, 4) is 0 Å². The van der Waals surface area contributed by atoms with Crippen molar-refractivity contribution in [2.24, 2.45) is 88.8 Å². The fraction of sp³-hybridized carbons (Fsp3) is 0.798. The zero-order valence-corrected chi connectivity index (χ0v) is 93.0. The Bertz CT molecular complexity index is 5310. The number of piperidine rings is 5. The summed E-state index contributed by atoms with van der Waals surface area (Å²) in [6, 6.07) is 0. The Kier molecular flexibility index (Phi) is 40.7. The summed E-state index contributed by atoms with van der Waals surface area (Å²) in [5, 5.41) is 2.82. The molecule has 0 N–H and O–H groups in total. The molecule has 10 saturated heterocycles. The third kappa shape index (κ3) is 34.0. The molecule has 0 unspecified atom stereocenters. The van der Waals surface area contributed by atoms with Gasteiger partial charge < -0.3 is 48.2 Å². The van der Waals surface area contributed by atoms with Gasteiger partial charge in [0.25, 0.3) is 0 Å². The molecule has 48 heteroatoms. The number of rotatable bonds is 39. The van der Waals surface area contributed by atoms with E-state index in [9.17, 15) is 55.3 Å². The van der Waals surface area contributed by atoms with Gasteiger partial charge in [0.2, 0.25) is 79.9 Å². The van der Waals surface area contributed by atoms with Crippen molar-refractivity contribution in [1.82, 2.24) is 71.4 Å². The maximum absolute atomic E-state index is 12.4. The minimum atomic E-state index is -4.47. The molecule has 15 atom stereocenters. The van der Waals surface area contributed by atoms with Crippen molar-refractivity contribution < 1.29 is 78.9 Å². The molecule has 10 aliphatic heterocycles. The first-order chi connectivity index (χ1) is 70.3. The average Bonchev–Trinajstić information content (AvgIpc) is 1.66. The second-order valence-electron chi connectivity index (χ2n) is 43.1. The Morgan fingerprint density at radius 3 is 0.646 bits per heavy atom. The Hall–Kier alpha value is -5.01. The number of aromatic nitrogens is 10. The van der Waals surface area contributed by atoms with E-state index in [1.54, 1.807) is 84.4 Å². The molecular formula is C99H150Cl5F3N20O15S5. The van der Waals surface area contributed by atoms with Gasteiger partial charge in [-0.3, -0.25) is 0 Å². The molecule has 5 aromatic rings. The fourth-order valence-corrected chi connectivity index (χ4v) is 30.1. The van der Waals surface area contributed by atoms with Crippen LogP contribution in [0.25, 0.3) is 0 Å². The second-order valence-corrected chi connectivity index (χ2v) is 55.8. The van der Waals surface area contributed by atoms with Crippen LogP contribution in [0.3, 0.4) is 0 Å². The van der Waals surface area contributed by atoms with Crippen LogP contribution in [-0.2, 0) is 73.8 Å². The van der Waals surface area contributed by atoms with E-state index in [4.69, 9.17) is 81.7 Å². The van der Waals surface area contributed by atoms with Crippen LogP contribution in [0.5, 0.6) is 0 Å². The van der Waals surface area contributed by atoms with Gasteiger partial charge in [-0.2, -0.15) is 34.7 Å². The summed E-state index contributed by atoms with van der Waals surface area (Å²) in [5.41, 5.74) is 0. The molecule has 20 rings (SSSR count). The first-order valence-electron chi connectivity index (χ1n) is 53.4. The lowest BCUT2D eigenvalue weighted by atomic mass is 9.90. The number of hydrogen-bond donors (Lipinski definition) is 0. The van der Waals surface area contributed by atoms with Crippen LogP contribution < -0.4 is 24.5 Å². The monoisotopic (exact) mass is 2250 g/mol. The number of halogens is 8. The molecule has 0 bridgehead atoms. The largest absolute Gasteiger partial charge is 0.390 e. The van der Waals surface area contributed by atoms with Crippen LogP contribution >= 0.6 is 58.0 Å². The first kappa shape index (κ1) is 115. The molecule has 822 valence electrons. The van der Waals surface area contributed by atoms with Crippen LogP contribution in [0.4, 0.5) is 42.9 Å². The number of ether oxygens (including phenoxy) is 5. The minimum absolute atomic E-state index is 0.0644. The van der Waals surface area contributed by atoms with Gasteiger partial charge in [-0.15, -0.1) is 0 Å². The Labute approximate surface area is 893 Å². The van der Waals surface area contributed by atoms with Crippen molar-refractivity contribution >= 4 is 138 Å². The molecule has 0 amide bonds. The molecule has 15 aliphatic rings. The lowest BCUT2D eigenvalue weighted by Crippen LogP contribution is -2.35. The van der Waals surface area contributed by atoms with E-state index in [-0.39, 0.29) is 55.1 Å². The van der Waals surface area contributed by atoms with E-state index in [2.05, 4.69) is 74.3 Å². The third-order valence-corrected chi connectivity index (χ3v) is 42.4. The van der Waals surface area contributed by atoms with Crippen molar-refractivity contribution in [2.75, 3.05) is 218 Å². The lowest BCUT2D eigenvalue weighted by molar-refractivity contribution is -0.130. The predicted molar refractivity (Wildman–Crippen MR) is 564 cm³/mol. The second kappa shape index (κ2) is 52.2. The lowest BCUT2D eigenvalue weighted by Gasteiger charge is -2.32. The molecule has 5 aromatic heterocycles. The van der Waals surface area contributed by atoms with Gasteiger partial charge >= 0.3 is 6.18 Å². The van der Waals surface area contributed by atoms with Crippen LogP contribution in [-0.4, -0.2) is 344 Å². The molecule has 0 radical (unpaired) electrons. The van der Waals surface area contributed by atoms with Crippen LogP contribution in [0.15, 0.2) is 62.0 Å². The van der Waals surface area contributed by atoms with E-state index in [1.165, 1.54) is 105 Å². The van der Waals surface area contributed by atoms with E-state index in [1.807, 2.05) is 0 Å². The molecule has 15 heterocycles. The zero-order valence-electron chi connectivity index (χ0n) is 85.1. The molecule has 147 heavy (non-hydrogen) atoms. The van der Waals surface area contributed by atoms with Crippen LogP contribution in [0.2, 0.25) is 25.1 Å². The highest BCUT2D eigenvalue weighted by Crippen LogP contribution is 2.55.